The number of carbonyl (C=O) groups is 1. The molecule has 0 aliphatic carbocycles. The summed E-state index contributed by atoms with van der Waals surface area (Å²) < 4.78 is 11.1. The van der Waals surface area contributed by atoms with Crippen LogP contribution in [0.2, 0.25) is 0 Å². The Kier molecular flexibility index (Phi) is 4.39. The fourth-order valence-corrected chi connectivity index (χ4v) is 2.39. The quantitative estimate of drug-likeness (QED) is 0.944. The summed E-state index contributed by atoms with van der Waals surface area (Å²) in [6.45, 7) is 4.02. The highest BCUT2D eigenvalue weighted by molar-refractivity contribution is 5.74. The van der Waals surface area contributed by atoms with Crippen LogP contribution in [0.3, 0.4) is 0 Å². The summed E-state index contributed by atoms with van der Waals surface area (Å²) in [6.07, 6.45) is 1.75. The number of aromatic nitrogens is 1. The van der Waals surface area contributed by atoms with Crippen molar-refractivity contribution in [1.82, 2.24) is 15.2 Å². The van der Waals surface area contributed by atoms with Gasteiger partial charge in [-0.3, -0.25) is 0 Å². The molecule has 2 heterocycles. The van der Waals surface area contributed by atoms with Gasteiger partial charge in [0.05, 0.1) is 25.5 Å². The maximum absolute atomic E-state index is 12.1. The van der Waals surface area contributed by atoms with Crippen molar-refractivity contribution in [2.45, 2.75) is 19.6 Å². The van der Waals surface area contributed by atoms with Gasteiger partial charge >= 0.3 is 6.03 Å². The first-order valence-corrected chi connectivity index (χ1v) is 7.37. The Bertz CT molecular complexity index is 627. The van der Waals surface area contributed by atoms with Gasteiger partial charge in [0.25, 0.3) is 0 Å². The van der Waals surface area contributed by atoms with E-state index in [1.807, 2.05) is 37.3 Å². The molecule has 1 saturated heterocycles. The molecule has 2 amide bonds. The Labute approximate surface area is 129 Å². The highest BCUT2D eigenvalue weighted by Crippen LogP contribution is 2.19. The molecule has 1 aliphatic heterocycles. The van der Waals surface area contributed by atoms with Crippen LogP contribution in [-0.2, 0) is 11.3 Å². The fourth-order valence-electron chi connectivity index (χ4n) is 2.39. The summed E-state index contributed by atoms with van der Waals surface area (Å²) in [5.41, 5.74) is 0.967. The number of hydrogen-bond donors (Lipinski definition) is 1. The van der Waals surface area contributed by atoms with Gasteiger partial charge in [-0.05, 0) is 6.92 Å². The van der Waals surface area contributed by atoms with Gasteiger partial charge in [0.1, 0.15) is 0 Å². The van der Waals surface area contributed by atoms with Crippen LogP contribution >= 0.6 is 0 Å². The van der Waals surface area contributed by atoms with Gasteiger partial charge in [0.15, 0.2) is 5.76 Å². The Morgan fingerprint density at radius 3 is 3.00 bits per heavy atom. The first kappa shape index (κ1) is 14.6. The van der Waals surface area contributed by atoms with Crippen molar-refractivity contribution in [2.75, 3.05) is 19.7 Å². The molecule has 0 bridgehead atoms. The number of rotatable bonds is 3. The van der Waals surface area contributed by atoms with Crippen LogP contribution < -0.4 is 5.32 Å². The zero-order valence-electron chi connectivity index (χ0n) is 12.5. The number of hydrogen-bond acceptors (Lipinski definition) is 4. The number of nitrogens with one attached hydrogen (secondary N) is 1. The molecule has 0 radical (unpaired) electrons. The molecule has 1 atom stereocenters. The van der Waals surface area contributed by atoms with E-state index < -0.39 is 0 Å². The lowest BCUT2D eigenvalue weighted by Crippen LogP contribution is -2.48. The summed E-state index contributed by atoms with van der Waals surface area (Å²) in [6, 6.07) is 9.63. The van der Waals surface area contributed by atoms with Gasteiger partial charge in [-0.25, -0.2) is 9.78 Å². The van der Waals surface area contributed by atoms with Crippen LogP contribution in [0.25, 0.3) is 11.3 Å². The monoisotopic (exact) mass is 301 g/mol. The second kappa shape index (κ2) is 6.62. The number of morpholine rings is 1. The van der Waals surface area contributed by atoms with E-state index >= 15 is 0 Å². The van der Waals surface area contributed by atoms with E-state index in [1.165, 1.54) is 0 Å². The van der Waals surface area contributed by atoms with Gasteiger partial charge in [-0.1, -0.05) is 30.3 Å². The summed E-state index contributed by atoms with van der Waals surface area (Å²) in [5, 5.41) is 2.83. The number of amides is 2. The molecule has 1 unspecified atom stereocenters. The van der Waals surface area contributed by atoms with Gasteiger partial charge in [0.2, 0.25) is 5.89 Å². The summed E-state index contributed by atoms with van der Waals surface area (Å²) in [5.74, 6) is 1.19. The summed E-state index contributed by atoms with van der Waals surface area (Å²) in [4.78, 5) is 18.0. The van der Waals surface area contributed by atoms with Crippen LogP contribution in [0, 0.1) is 0 Å². The number of ether oxygens (including phenoxy) is 1. The van der Waals surface area contributed by atoms with Gasteiger partial charge in [-0.2, -0.15) is 0 Å². The second-order valence-corrected chi connectivity index (χ2v) is 5.27. The number of nitrogens with zero attached hydrogens (tertiary/aromatic N) is 2. The smallest absolute Gasteiger partial charge is 0.318 e. The van der Waals surface area contributed by atoms with Crippen molar-refractivity contribution in [3.8, 4) is 11.3 Å². The first-order valence-electron chi connectivity index (χ1n) is 7.37. The molecule has 3 rings (SSSR count). The largest absolute Gasteiger partial charge is 0.439 e. The van der Waals surface area contributed by atoms with E-state index in [0.29, 0.717) is 31.3 Å². The Morgan fingerprint density at radius 2 is 2.23 bits per heavy atom. The number of carbonyl (C=O) groups excluding carboxylic acids is 1. The van der Waals surface area contributed by atoms with Crippen molar-refractivity contribution in [2.24, 2.45) is 0 Å². The van der Waals surface area contributed by atoms with E-state index in [0.717, 1.165) is 5.56 Å². The molecule has 1 aromatic heterocycles. The van der Waals surface area contributed by atoms with E-state index in [2.05, 4.69) is 10.3 Å². The Balaban J connectivity index is 1.56. The van der Waals surface area contributed by atoms with Crippen molar-refractivity contribution in [3.05, 3.63) is 42.4 Å². The van der Waals surface area contributed by atoms with Crippen LogP contribution in [0.5, 0.6) is 0 Å². The molecule has 116 valence electrons. The average molecular weight is 301 g/mol. The number of oxazole rings is 1. The van der Waals surface area contributed by atoms with Crippen molar-refractivity contribution < 1.29 is 13.9 Å². The third-order valence-electron chi connectivity index (χ3n) is 3.53. The van der Waals surface area contributed by atoms with Crippen LogP contribution in [0.4, 0.5) is 4.79 Å². The minimum Gasteiger partial charge on any atom is -0.439 e. The lowest BCUT2D eigenvalue weighted by molar-refractivity contribution is -0.00358. The van der Waals surface area contributed by atoms with Gasteiger partial charge in [0, 0.05) is 18.7 Å². The lowest BCUT2D eigenvalue weighted by Gasteiger charge is -2.30. The molecular weight excluding hydrogens is 282 g/mol. The molecule has 1 aliphatic rings. The average Bonchev–Trinajstić information content (AvgIpc) is 3.02. The maximum Gasteiger partial charge on any atom is 0.318 e. The SMILES string of the molecule is CC1CN(C(=O)NCc2ncc(-c3ccccc3)o2)CCO1. The van der Waals surface area contributed by atoms with Crippen molar-refractivity contribution in [3.63, 3.8) is 0 Å². The molecule has 22 heavy (non-hydrogen) atoms. The van der Waals surface area contributed by atoms with Crippen LogP contribution in [-0.4, -0.2) is 41.7 Å². The second-order valence-electron chi connectivity index (χ2n) is 5.27. The lowest BCUT2D eigenvalue weighted by atomic mass is 10.2. The zero-order valence-corrected chi connectivity index (χ0v) is 12.5. The van der Waals surface area contributed by atoms with Gasteiger partial charge < -0.3 is 19.4 Å². The Hall–Kier alpha value is -2.34. The molecular formula is C16H19N3O3. The molecule has 1 N–H and O–H groups in total. The molecule has 1 fully saturated rings. The fraction of sp³-hybridized carbons (Fsp3) is 0.375. The predicted molar refractivity (Wildman–Crippen MR) is 81.2 cm³/mol. The van der Waals surface area contributed by atoms with Crippen molar-refractivity contribution >= 4 is 6.03 Å². The van der Waals surface area contributed by atoms with E-state index in [1.54, 1.807) is 11.1 Å². The number of benzene rings is 1. The number of urea groups is 1. The van der Waals surface area contributed by atoms with E-state index in [-0.39, 0.29) is 18.7 Å². The van der Waals surface area contributed by atoms with Crippen molar-refractivity contribution in [1.29, 1.82) is 0 Å². The van der Waals surface area contributed by atoms with E-state index in [4.69, 9.17) is 9.15 Å². The molecule has 2 aromatic rings. The first-order chi connectivity index (χ1) is 10.7. The normalized spacial score (nSPS) is 18.2. The third-order valence-corrected chi connectivity index (χ3v) is 3.53. The Morgan fingerprint density at radius 1 is 1.41 bits per heavy atom. The topological polar surface area (TPSA) is 67.6 Å². The zero-order chi connectivity index (χ0) is 15.4. The van der Waals surface area contributed by atoms with E-state index in [9.17, 15) is 4.79 Å². The molecule has 0 saturated carbocycles. The van der Waals surface area contributed by atoms with Crippen LogP contribution in [0.15, 0.2) is 40.9 Å². The molecule has 6 heteroatoms. The van der Waals surface area contributed by atoms with Gasteiger partial charge in [-0.15, -0.1) is 0 Å². The minimum absolute atomic E-state index is 0.0749. The molecule has 0 spiro atoms. The highest BCUT2D eigenvalue weighted by atomic mass is 16.5. The minimum atomic E-state index is -0.116. The predicted octanol–water partition coefficient (Wildman–Crippen LogP) is 2.27. The maximum atomic E-state index is 12.1. The molecule has 1 aromatic carbocycles. The molecule has 6 nitrogen and oxygen atoms in total. The highest BCUT2D eigenvalue weighted by Gasteiger charge is 2.21. The third kappa shape index (κ3) is 3.46. The summed E-state index contributed by atoms with van der Waals surface area (Å²) in [7, 11) is 0. The standard InChI is InChI=1S/C16H19N3O3/c1-12-11-19(7-8-21-12)16(20)18-10-15-17-9-14(22-15)13-5-3-2-4-6-13/h2-6,9,12H,7-8,10-11H2,1H3,(H,18,20). The summed E-state index contributed by atoms with van der Waals surface area (Å²) >= 11 is 0. The van der Waals surface area contributed by atoms with Crippen LogP contribution in [0.1, 0.15) is 12.8 Å².